The molecule has 0 saturated carbocycles. The van der Waals surface area contributed by atoms with Crippen molar-refractivity contribution >= 4 is 11.6 Å². The second kappa shape index (κ2) is 8.95. The van der Waals surface area contributed by atoms with Crippen LogP contribution in [0.4, 0.5) is 14.5 Å². The van der Waals surface area contributed by atoms with E-state index in [9.17, 15) is 13.6 Å². The highest BCUT2D eigenvalue weighted by molar-refractivity contribution is 5.81. The highest BCUT2D eigenvalue weighted by Gasteiger charge is 2.24. The summed E-state index contributed by atoms with van der Waals surface area (Å²) in [5, 5.41) is 2.93. The fourth-order valence-electron chi connectivity index (χ4n) is 3.34. The van der Waals surface area contributed by atoms with Crippen molar-refractivity contribution in [2.75, 3.05) is 31.1 Å². The molecule has 27 heavy (non-hydrogen) atoms. The molecule has 1 aliphatic rings. The van der Waals surface area contributed by atoms with Gasteiger partial charge in [0.05, 0.1) is 6.04 Å². The van der Waals surface area contributed by atoms with Gasteiger partial charge in [-0.15, -0.1) is 0 Å². The lowest BCUT2D eigenvalue weighted by atomic mass is 10.2. The maximum Gasteiger partial charge on any atom is 0.237 e. The van der Waals surface area contributed by atoms with Gasteiger partial charge in [0.2, 0.25) is 5.91 Å². The molecule has 3 rings (SSSR count). The molecule has 0 aliphatic carbocycles. The topological polar surface area (TPSA) is 35.6 Å². The first kappa shape index (κ1) is 19.3. The SMILES string of the molecule is CC(C(=O)NCc1ccc(F)cc1)N1CCCN(c2ccc(F)cc2)CC1. The first-order valence-electron chi connectivity index (χ1n) is 9.29. The molecule has 0 spiro atoms. The number of rotatable bonds is 5. The van der Waals surface area contributed by atoms with Gasteiger partial charge < -0.3 is 10.2 Å². The minimum atomic E-state index is -0.284. The van der Waals surface area contributed by atoms with E-state index in [4.69, 9.17) is 0 Å². The molecule has 1 saturated heterocycles. The van der Waals surface area contributed by atoms with Crippen molar-refractivity contribution < 1.29 is 13.6 Å². The van der Waals surface area contributed by atoms with E-state index >= 15 is 0 Å². The summed E-state index contributed by atoms with van der Waals surface area (Å²) in [4.78, 5) is 16.9. The van der Waals surface area contributed by atoms with Gasteiger partial charge in [0.15, 0.2) is 0 Å². The van der Waals surface area contributed by atoms with Gasteiger partial charge in [0.25, 0.3) is 0 Å². The fraction of sp³-hybridized carbons (Fsp3) is 0.381. The van der Waals surface area contributed by atoms with E-state index in [2.05, 4.69) is 15.1 Å². The zero-order chi connectivity index (χ0) is 19.2. The molecule has 2 aromatic rings. The smallest absolute Gasteiger partial charge is 0.237 e. The maximum atomic E-state index is 13.1. The Balaban J connectivity index is 1.52. The standard InChI is InChI=1S/C21H25F2N3O/c1-16(21(27)24-15-17-3-5-18(22)6-4-17)25-11-2-12-26(14-13-25)20-9-7-19(23)8-10-20/h3-10,16H,2,11-15H2,1H3,(H,24,27). The van der Waals surface area contributed by atoms with Crippen LogP contribution in [0.3, 0.4) is 0 Å². The number of halogens is 2. The molecule has 0 bridgehead atoms. The van der Waals surface area contributed by atoms with Crippen LogP contribution in [0.1, 0.15) is 18.9 Å². The zero-order valence-corrected chi connectivity index (χ0v) is 15.5. The van der Waals surface area contributed by atoms with Crippen LogP contribution in [0.5, 0.6) is 0 Å². The Kier molecular flexibility index (Phi) is 6.40. The summed E-state index contributed by atoms with van der Waals surface area (Å²) in [6, 6.07) is 12.4. The summed E-state index contributed by atoms with van der Waals surface area (Å²) in [6.07, 6.45) is 0.937. The quantitative estimate of drug-likeness (QED) is 0.874. The molecular formula is C21H25F2N3O. The van der Waals surface area contributed by atoms with E-state index in [1.54, 1.807) is 24.3 Å². The van der Waals surface area contributed by atoms with Crippen LogP contribution in [0.15, 0.2) is 48.5 Å². The molecule has 1 amide bonds. The molecule has 144 valence electrons. The predicted molar refractivity (Wildman–Crippen MR) is 103 cm³/mol. The second-order valence-electron chi connectivity index (χ2n) is 6.87. The molecule has 6 heteroatoms. The normalized spacial score (nSPS) is 16.6. The Labute approximate surface area is 158 Å². The summed E-state index contributed by atoms with van der Waals surface area (Å²) in [5.74, 6) is -0.551. The van der Waals surface area contributed by atoms with E-state index in [-0.39, 0.29) is 23.6 Å². The Morgan fingerprint density at radius 3 is 2.26 bits per heavy atom. The number of amides is 1. The third kappa shape index (κ3) is 5.26. The van der Waals surface area contributed by atoms with Crippen LogP contribution < -0.4 is 10.2 Å². The monoisotopic (exact) mass is 373 g/mol. The number of nitrogens with one attached hydrogen (secondary N) is 1. The van der Waals surface area contributed by atoms with Gasteiger partial charge in [-0.1, -0.05) is 12.1 Å². The minimum Gasteiger partial charge on any atom is -0.370 e. The third-order valence-electron chi connectivity index (χ3n) is 5.03. The molecule has 1 heterocycles. The number of hydrogen-bond acceptors (Lipinski definition) is 3. The van der Waals surface area contributed by atoms with Crippen LogP contribution in [0, 0.1) is 11.6 Å². The Bertz CT molecular complexity index is 749. The van der Waals surface area contributed by atoms with Crippen molar-refractivity contribution in [1.82, 2.24) is 10.2 Å². The molecule has 1 atom stereocenters. The number of nitrogens with zero attached hydrogens (tertiary/aromatic N) is 2. The molecule has 1 unspecified atom stereocenters. The molecule has 0 aromatic heterocycles. The molecule has 0 radical (unpaired) electrons. The lowest BCUT2D eigenvalue weighted by Crippen LogP contribution is -2.46. The number of hydrogen-bond donors (Lipinski definition) is 1. The number of carbonyl (C=O) groups excluding carboxylic acids is 1. The number of benzene rings is 2. The predicted octanol–water partition coefficient (Wildman–Crippen LogP) is 3.18. The Hall–Kier alpha value is -2.47. The molecule has 2 aromatic carbocycles. The van der Waals surface area contributed by atoms with E-state index in [0.717, 1.165) is 43.9 Å². The van der Waals surface area contributed by atoms with Crippen molar-refractivity contribution in [3.63, 3.8) is 0 Å². The van der Waals surface area contributed by atoms with Crippen LogP contribution in [-0.2, 0) is 11.3 Å². The van der Waals surface area contributed by atoms with Gasteiger partial charge in [-0.05, 0) is 55.3 Å². The van der Waals surface area contributed by atoms with Crippen molar-refractivity contribution in [2.24, 2.45) is 0 Å². The van der Waals surface area contributed by atoms with Crippen molar-refractivity contribution in [2.45, 2.75) is 25.9 Å². The van der Waals surface area contributed by atoms with Gasteiger partial charge in [0.1, 0.15) is 11.6 Å². The number of anilines is 1. The summed E-state index contributed by atoms with van der Waals surface area (Å²) in [5.41, 5.74) is 1.88. The molecule has 1 aliphatic heterocycles. The second-order valence-corrected chi connectivity index (χ2v) is 6.87. The summed E-state index contributed by atoms with van der Waals surface area (Å²) < 4.78 is 26.1. The van der Waals surface area contributed by atoms with E-state index in [1.807, 2.05) is 6.92 Å². The van der Waals surface area contributed by atoms with Gasteiger partial charge >= 0.3 is 0 Å². The lowest BCUT2D eigenvalue weighted by Gasteiger charge is -2.27. The van der Waals surface area contributed by atoms with Crippen molar-refractivity contribution in [3.8, 4) is 0 Å². The molecule has 1 fully saturated rings. The van der Waals surface area contributed by atoms with Gasteiger partial charge in [-0.2, -0.15) is 0 Å². The zero-order valence-electron chi connectivity index (χ0n) is 15.5. The van der Waals surface area contributed by atoms with Crippen molar-refractivity contribution in [3.05, 3.63) is 65.7 Å². The van der Waals surface area contributed by atoms with Gasteiger partial charge in [-0.3, -0.25) is 9.69 Å². The van der Waals surface area contributed by atoms with Crippen LogP contribution in [0.2, 0.25) is 0 Å². The van der Waals surface area contributed by atoms with E-state index in [0.29, 0.717) is 6.54 Å². The molecular weight excluding hydrogens is 348 g/mol. The van der Waals surface area contributed by atoms with Crippen LogP contribution in [0.25, 0.3) is 0 Å². The van der Waals surface area contributed by atoms with Crippen molar-refractivity contribution in [1.29, 1.82) is 0 Å². The number of carbonyl (C=O) groups is 1. The largest absolute Gasteiger partial charge is 0.370 e. The summed E-state index contributed by atoms with van der Waals surface area (Å²) in [6.45, 7) is 5.57. The fourth-order valence-corrected chi connectivity index (χ4v) is 3.34. The minimum absolute atomic E-state index is 0.0328. The lowest BCUT2D eigenvalue weighted by molar-refractivity contribution is -0.126. The maximum absolute atomic E-state index is 13.1. The Morgan fingerprint density at radius 2 is 1.59 bits per heavy atom. The highest BCUT2D eigenvalue weighted by atomic mass is 19.1. The van der Waals surface area contributed by atoms with Gasteiger partial charge in [-0.25, -0.2) is 8.78 Å². The summed E-state index contributed by atoms with van der Waals surface area (Å²) in [7, 11) is 0. The average Bonchev–Trinajstić information content (AvgIpc) is 2.93. The first-order chi connectivity index (χ1) is 13.0. The third-order valence-corrected chi connectivity index (χ3v) is 5.03. The highest BCUT2D eigenvalue weighted by Crippen LogP contribution is 2.18. The van der Waals surface area contributed by atoms with E-state index < -0.39 is 0 Å². The molecule has 1 N–H and O–H groups in total. The summed E-state index contributed by atoms with van der Waals surface area (Å²) >= 11 is 0. The van der Waals surface area contributed by atoms with Crippen LogP contribution >= 0.6 is 0 Å². The van der Waals surface area contributed by atoms with E-state index in [1.165, 1.54) is 24.3 Å². The average molecular weight is 373 g/mol. The first-order valence-corrected chi connectivity index (χ1v) is 9.29. The van der Waals surface area contributed by atoms with Gasteiger partial charge in [0, 0.05) is 38.4 Å². The Morgan fingerprint density at radius 1 is 0.963 bits per heavy atom. The van der Waals surface area contributed by atoms with Crippen LogP contribution in [-0.4, -0.2) is 43.0 Å². The molecule has 4 nitrogen and oxygen atoms in total.